The summed E-state index contributed by atoms with van der Waals surface area (Å²) in [5.74, 6) is -1.17. The summed E-state index contributed by atoms with van der Waals surface area (Å²) in [6, 6.07) is 4.37. The highest BCUT2D eigenvalue weighted by Gasteiger charge is 2.33. The Bertz CT molecular complexity index is 626. The third kappa shape index (κ3) is 2.49. The van der Waals surface area contributed by atoms with Crippen LogP contribution in [0.15, 0.2) is 18.2 Å². The lowest BCUT2D eigenvalue weighted by Gasteiger charge is -2.31. The van der Waals surface area contributed by atoms with Crippen molar-refractivity contribution in [3.8, 4) is 0 Å². The van der Waals surface area contributed by atoms with Crippen molar-refractivity contribution in [3.05, 3.63) is 29.3 Å². The smallest absolute Gasteiger partial charge is 0.335 e. The maximum Gasteiger partial charge on any atom is 0.335 e. The number of carboxylic acid groups (broad SMARTS) is 1. The molecule has 6 nitrogen and oxygen atoms in total. The summed E-state index contributed by atoms with van der Waals surface area (Å²) in [5.41, 5.74) is 1.87. The fourth-order valence-electron chi connectivity index (χ4n) is 2.95. The molecule has 0 bridgehead atoms. The molecule has 2 aliphatic heterocycles. The Balaban J connectivity index is 1.88. The van der Waals surface area contributed by atoms with E-state index in [-0.39, 0.29) is 17.4 Å². The number of rotatable bonds is 2. The molecule has 2 heterocycles. The second-order valence-electron chi connectivity index (χ2n) is 5.40. The van der Waals surface area contributed by atoms with Gasteiger partial charge in [0.05, 0.1) is 5.56 Å². The largest absolute Gasteiger partial charge is 0.478 e. The van der Waals surface area contributed by atoms with Gasteiger partial charge < -0.3 is 15.3 Å². The number of fused-ring (bicyclic) bond motifs is 1. The van der Waals surface area contributed by atoms with Crippen molar-refractivity contribution in [3.63, 3.8) is 0 Å². The van der Waals surface area contributed by atoms with E-state index in [0.717, 1.165) is 24.1 Å². The van der Waals surface area contributed by atoms with E-state index >= 15 is 0 Å². The van der Waals surface area contributed by atoms with Crippen LogP contribution in [0, 0.1) is 0 Å². The molecule has 0 unspecified atom stereocenters. The van der Waals surface area contributed by atoms with Crippen molar-refractivity contribution >= 4 is 23.5 Å². The SMILES string of the molecule is O=C1CC[C@@H](C(=O)N2CCCc3cc(C(=O)O)ccc32)N1. The van der Waals surface area contributed by atoms with Crippen molar-refractivity contribution in [2.24, 2.45) is 0 Å². The summed E-state index contributed by atoms with van der Waals surface area (Å²) in [5, 5.41) is 11.7. The van der Waals surface area contributed by atoms with Crippen LogP contribution in [-0.4, -0.2) is 35.5 Å². The van der Waals surface area contributed by atoms with Crippen LogP contribution in [-0.2, 0) is 16.0 Å². The molecular weight excluding hydrogens is 272 g/mol. The summed E-state index contributed by atoms with van der Waals surface area (Å²) in [4.78, 5) is 36.5. The Labute approximate surface area is 121 Å². The molecule has 0 spiro atoms. The van der Waals surface area contributed by atoms with Crippen LogP contribution in [0.2, 0.25) is 0 Å². The molecule has 21 heavy (non-hydrogen) atoms. The number of amides is 2. The minimum absolute atomic E-state index is 0.0909. The average molecular weight is 288 g/mol. The second kappa shape index (κ2) is 5.20. The van der Waals surface area contributed by atoms with E-state index in [1.807, 2.05) is 0 Å². The van der Waals surface area contributed by atoms with Crippen LogP contribution in [0.3, 0.4) is 0 Å². The predicted octanol–water partition coefficient (Wildman–Crippen LogP) is 0.943. The Morgan fingerprint density at radius 3 is 2.76 bits per heavy atom. The Morgan fingerprint density at radius 2 is 2.10 bits per heavy atom. The highest BCUT2D eigenvalue weighted by atomic mass is 16.4. The molecule has 2 N–H and O–H groups in total. The lowest BCUT2D eigenvalue weighted by atomic mass is 9.98. The van der Waals surface area contributed by atoms with Gasteiger partial charge in [-0.15, -0.1) is 0 Å². The molecule has 110 valence electrons. The van der Waals surface area contributed by atoms with E-state index in [9.17, 15) is 14.4 Å². The molecule has 0 radical (unpaired) electrons. The number of benzene rings is 1. The van der Waals surface area contributed by atoms with Crippen LogP contribution in [0.1, 0.15) is 35.2 Å². The Kier molecular flexibility index (Phi) is 3.37. The van der Waals surface area contributed by atoms with Crippen LogP contribution in [0.25, 0.3) is 0 Å². The lowest BCUT2D eigenvalue weighted by Crippen LogP contribution is -2.46. The van der Waals surface area contributed by atoms with Crippen LogP contribution in [0.4, 0.5) is 5.69 Å². The zero-order valence-corrected chi connectivity index (χ0v) is 11.5. The normalized spacial score (nSPS) is 20.9. The van der Waals surface area contributed by atoms with Gasteiger partial charge in [-0.1, -0.05) is 0 Å². The zero-order chi connectivity index (χ0) is 15.0. The first-order valence-corrected chi connectivity index (χ1v) is 7.03. The Morgan fingerprint density at radius 1 is 1.29 bits per heavy atom. The summed E-state index contributed by atoms with van der Waals surface area (Å²) >= 11 is 0. The highest BCUT2D eigenvalue weighted by molar-refractivity contribution is 6.02. The summed E-state index contributed by atoms with van der Waals surface area (Å²) in [6.45, 7) is 0.602. The van der Waals surface area contributed by atoms with Gasteiger partial charge in [0.25, 0.3) is 0 Å². The maximum absolute atomic E-state index is 12.5. The number of carboxylic acids is 1. The van der Waals surface area contributed by atoms with Crippen molar-refractivity contribution in [2.45, 2.75) is 31.7 Å². The van der Waals surface area contributed by atoms with Gasteiger partial charge in [0.15, 0.2) is 0 Å². The number of aryl methyl sites for hydroxylation is 1. The third-order valence-corrected chi connectivity index (χ3v) is 4.00. The zero-order valence-electron chi connectivity index (χ0n) is 11.5. The molecule has 0 saturated carbocycles. The van der Waals surface area contributed by atoms with Gasteiger partial charge >= 0.3 is 5.97 Å². The number of hydrogen-bond donors (Lipinski definition) is 2. The first-order valence-electron chi connectivity index (χ1n) is 7.03. The van der Waals surface area contributed by atoms with Gasteiger partial charge in [0, 0.05) is 18.7 Å². The Hall–Kier alpha value is -2.37. The molecule has 1 atom stereocenters. The van der Waals surface area contributed by atoms with E-state index in [1.165, 1.54) is 6.07 Å². The van der Waals surface area contributed by atoms with Gasteiger partial charge in [-0.3, -0.25) is 9.59 Å². The monoisotopic (exact) mass is 288 g/mol. The maximum atomic E-state index is 12.5. The fraction of sp³-hybridized carbons (Fsp3) is 0.400. The van der Waals surface area contributed by atoms with Gasteiger partial charge in [-0.25, -0.2) is 4.79 Å². The molecular formula is C15H16N2O4. The molecule has 2 amide bonds. The molecule has 1 saturated heterocycles. The number of nitrogens with one attached hydrogen (secondary N) is 1. The number of carbonyl (C=O) groups is 3. The van der Waals surface area contributed by atoms with Crippen LogP contribution < -0.4 is 10.2 Å². The topological polar surface area (TPSA) is 86.7 Å². The van der Waals surface area contributed by atoms with E-state index in [4.69, 9.17) is 5.11 Å². The van der Waals surface area contributed by atoms with Crippen molar-refractivity contribution < 1.29 is 19.5 Å². The van der Waals surface area contributed by atoms with Gasteiger partial charge in [0.2, 0.25) is 11.8 Å². The molecule has 0 aliphatic carbocycles. The summed E-state index contributed by atoms with van der Waals surface area (Å²) in [6.07, 6.45) is 2.46. The van der Waals surface area contributed by atoms with Crippen LogP contribution in [0.5, 0.6) is 0 Å². The van der Waals surface area contributed by atoms with Crippen molar-refractivity contribution in [1.82, 2.24) is 5.32 Å². The minimum atomic E-state index is -0.968. The average Bonchev–Trinajstić information content (AvgIpc) is 2.91. The summed E-state index contributed by atoms with van der Waals surface area (Å²) < 4.78 is 0. The van der Waals surface area contributed by atoms with Gasteiger partial charge in [0.1, 0.15) is 6.04 Å². The second-order valence-corrected chi connectivity index (χ2v) is 5.40. The summed E-state index contributed by atoms with van der Waals surface area (Å²) in [7, 11) is 0. The number of nitrogens with zero attached hydrogens (tertiary/aromatic N) is 1. The molecule has 6 heteroatoms. The van der Waals surface area contributed by atoms with Gasteiger partial charge in [-0.2, -0.15) is 0 Å². The molecule has 1 aromatic carbocycles. The molecule has 3 rings (SSSR count). The van der Waals surface area contributed by atoms with E-state index < -0.39 is 12.0 Å². The van der Waals surface area contributed by atoms with Crippen LogP contribution >= 0.6 is 0 Å². The first-order chi connectivity index (χ1) is 10.1. The van der Waals surface area contributed by atoms with E-state index in [1.54, 1.807) is 17.0 Å². The number of aromatic carboxylic acids is 1. The minimum Gasteiger partial charge on any atom is -0.478 e. The molecule has 1 aromatic rings. The van der Waals surface area contributed by atoms with Gasteiger partial charge in [-0.05, 0) is 43.0 Å². The van der Waals surface area contributed by atoms with E-state index in [0.29, 0.717) is 19.4 Å². The molecule has 2 aliphatic rings. The first kappa shape index (κ1) is 13.6. The molecule has 0 aromatic heterocycles. The number of carbonyl (C=O) groups excluding carboxylic acids is 2. The lowest BCUT2D eigenvalue weighted by molar-refractivity contribution is -0.124. The highest BCUT2D eigenvalue weighted by Crippen LogP contribution is 2.29. The fourth-order valence-corrected chi connectivity index (χ4v) is 2.95. The van der Waals surface area contributed by atoms with Crippen molar-refractivity contribution in [2.75, 3.05) is 11.4 Å². The quantitative estimate of drug-likeness (QED) is 0.848. The molecule has 1 fully saturated rings. The van der Waals surface area contributed by atoms with E-state index in [2.05, 4.69) is 5.32 Å². The van der Waals surface area contributed by atoms with Crippen molar-refractivity contribution in [1.29, 1.82) is 0 Å². The number of anilines is 1. The predicted molar refractivity (Wildman–Crippen MR) is 75.2 cm³/mol. The standard InChI is InChI=1S/C15H16N2O4/c18-13-6-4-11(16-13)14(19)17-7-1-2-9-8-10(15(20)21)3-5-12(9)17/h3,5,8,11H,1-2,4,6-7H2,(H,16,18)(H,20,21)/t11-/m0/s1. The number of hydrogen-bond acceptors (Lipinski definition) is 3. The third-order valence-electron chi connectivity index (χ3n) is 4.00.